The van der Waals surface area contributed by atoms with Crippen molar-refractivity contribution in [2.24, 2.45) is 5.92 Å². The van der Waals surface area contributed by atoms with E-state index >= 15 is 0 Å². The summed E-state index contributed by atoms with van der Waals surface area (Å²) < 4.78 is 2.01. The van der Waals surface area contributed by atoms with Crippen molar-refractivity contribution in [1.82, 2.24) is 9.55 Å². The van der Waals surface area contributed by atoms with E-state index in [4.69, 9.17) is 5.11 Å². The molecular formula is C23H24N2O4S. The molecule has 0 saturated carbocycles. The normalized spacial score (nSPS) is 11.8. The predicted octanol–water partition coefficient (Wildman–Crippen LogP) is 4.60. The van der Waals surface area contributed by atoms with Crippen molar-refractivity contribution in [3.8, 4) is 0 Å². The number of imidazole rings is 1. The Bertz CT molecular complexity index is 1050. The van der Waals surface area contributed by atoms with Crippen LogP contribution in [0.25, 0.3) is 6.08 Å². The number of carboxylic acids is 2. The van der Waals surface area contributed by atoms with Crippen LogP contribution in [0.3, 0.4) is 0 Å². The number of carboxylic acid groups (broad SMARTS) is 2. The maximum atomic E-state index is 11.8. The van der Waals surface area contributed by atoms with Gasteiger partial charge in [0.1, 0.15) is 5.82 Å². The molecule has 0 amide bonds. The number of hydrogen-bond donors (Lipinski definition) is 2. The first-order valence-electron chi connectivity index (χ1n) is 9.66. The second-order valence-corrected chi connectivity index (χ2v) is 8.55. The Morgan fingerprint density at radius 2 is 1.90 bits per heavy atom. The van der Waals surface area contributed by atoms with Crippen LogP contribution in [0, 0.1) is 5.92 Å². The fourth-order valence-electron chi connectivity index (χ4n) is 3.16. The Hall–Kier alpha value is -3.19. The van der Waals surface area contributed by atoms with Crippen LogP contribution in [0.1, 0.15) is 46.2 Å². The van der Waals surface area contributed by atoms with Crippen molar-refractivity contribution in [2.45, 2.75) is 33.2 Å². The van der Waals surface area contributed by atoms with Gasteiger partial charge in [0.05, 0.1) is 17.5 Å². The number of nitrogens with zero attached hydrogens (tertiary/aromatic N) is 2. The van der Waals surface area contributed by atoms with E-state index in [1.165, 1.54) is 11.3 Å². The quantitative estimate of drug-likeness (QED) is 0.490. The number of aliphatic carboxylic acids is 1. The summed E-state index contributed by atoms with van der Waals surface area (Å²) in [4.78, 5) is 28.5. The summed E-state index contributed by atoms with van der Waals surface area (Å²) in [5.74, 6) is -0.651. The highest BCUT2D eigenvalue weighted by Crippen LogP contribution is 2.20. The summed E-state index contributed by atoms with van der Waals surface area (Å²) in [5, 5.41) is 20.7. The summed E-state index contributed by atoms with van der Waals surface area (Å²) in [6, 6.07) is 10.5. The van der Waals surface area contributed by atoms with Crippen LogP contribution in [0.15, 0.2) is 53.5 Å². The molecule has 3 aromatic rings. The first-order valence-corrected chi connectivity index (χ1v) is 10.5. The SMILES string of the molecule is CC(C)Cc1ncc(/C=C(\Cc2cccs2)C(=O)O)n1Cc1ccc(C(=O)O)cc1. The van der Waals surface area contributed by atoms with Gasteiger partial charge in [-0.05, 0) is 41.1 Å². The van der Waals surface area contributed by atoms with Gasteiger partial charge >= 0.3 is 11.9 Å². The van der Waals surface area contributed by atoms with E-state index in [1.54, 1.807) is 36.5 Å². The van der Waals surface area contributed by atoms with Crippen molar-refractivity contribution in [3.63, 3.8) is 0 Å². The van der Waals surface area contributed by atoms with E-state index in [0.29, 0.717) is 24.5 Å². The number of hydrogen-bond acceptors (Lipinski definition) is 4. The summed E-state index contributed by atoms with van der Waals surface area (Å²) in [6.07, 6.45) is 4.50. The molecule has 6 nitrogen and oxygen atoms in total. The molecular weight excluding hydrogens is 400 g/mol. The molecule has 0 aliphatic heterocycles. The van der Waals surface area contributed by atoms with Crippen molar-refractivity contribution in [2.75, 3.05) is 0 Å². The second kappa shape index (κ2) is 9.54. The Morgan fingerprint density at radius 3 is 2.47 bits per heavy atom. The van der Waals surface area contributed by atoms with E-state index in [1.807, 2.05) is 22.1 Å². The van der Waals surface area contributed by atoms with Gasteiger partial charge in [-0.1, -0.05) is 32.0 Å². The molecule has 2 aromatic heterocycles. The van der Waals surface area contributed by atoms with Crippen LogP contribution < -0.4 is 0 Å². The van der Waals surface area contributed by atoms with Gasteiger partial charge in [0.2, 0.25) is 0 Å². The number of thiophene rings is 1. The van der Waals surface area contributed by atoms with Crippen molar-refractivity contribution in [3.05, 3.63) is 81.1 Å². The van der Waals surface area contributed by atoms with Crippen molar-refractivity contribution < 1.29 is 19.8 Å². The molecule has 0 atom stereocenters. The molecule has 0 spiro atoms. The van der Waals surface area contributed by atoms with Gasteiger partial charge < -0.3 is 14.8 Å². The summed E-state index contributed by atoms with van der Waals surface area (Å²) in [5.41, 5.74) is 2.18. The van der Waals surface area contributed by atoms with Gasteiger partial charge in [0.15, 0.2) is 0 Å². The lowest BCUT2D eigenvalue weighted by atomic mass is 10.1. The Kier molecular flexibility index (Phi) is 6.84. The zero-order valence-corrected chi connectivity index (χ0v) is 17.7. The molecule has 3 rings (SSSR count). The monoisotopic (exact) mass is 424 g/mol. The second-order valence-electron chi connectivity index (χ2n) is 7.52. The third-order valence-electron chi connectivity index (χ3n) is 4.64. The van der Waals surface area contributed by atoms with Crippen LogP contribution in [-0.4, -0.2) is 31.7 Å². The largest absolute Gasteiger partial charge is 0.478 e. The maximum Gasteiger partial charge on any atom is 0.335 e. The van der Waals surface area contributed by atoms with Crippen LogP contribution in [0.5, 0.6) is 0 Å². The van der Waals surface area contributed by atoms with E-state index < -0.39 is 11.9 Å². The highest BCUT2D eigenvalue weighted by molar-refractivity contribution is 7.09. The lowest BCUT2D eigenvalue weighted by molar-refractivity contribution is -0.132. The molecule has 30 heavy (non-hydrogen) atoms. The van der Waals surface area contributed by atoms with Crippen LogP contribution in [-0.2, 0) is 24.2 Å². The highest BCUT2D eigenvalue weighted by atomic mass is 32.1. The average molecular weight is 425 g/mol. The fraction of sp³-hybridized carbons (Fsp3) is 0.261. The third-order valence-corrected chi connectivity index (χ3v) is 5.52. The molecule has 7 heteroatoms. The molecule has 2 N–H and O–H groups in total. The zero-order valence-electron chi connectivity index (χ0n) is 16.9. The molecule has 0 aliphatic carbocycles. The van der Waals surface area contributed by atoms with Crippen LogP contribution >= 0.6 is 11.3 Å². The standard InChI is InChI=1S/C23H24N2O4S/c1-15(2)10-21-24-13-19(11-18(23(28)29)12-20-4-3-9-30-20)25(21)14-16-5-7-17(8-6-16)22(26)27/h3-9,11,13,15H,10,12,14H2,1-2H3,(H,26,27)(H,28,29)/b18-11+. The topological polar surface area (TPSA) is 92.4 Å². The number of rotatable bonds is 9. The molecule has 0 aliphatic rings. The van der Waals surface area contributed by atoms with Crippen LogP contribution in [0.2, 0.25) is 0 Å². The molecule has 156 valence electrons. The Balaban J connectivity index is 1.96. The van der Waals surface area contributed by atoms with E-state index in [9.17, 15) is 14.7 Å². The van der Waals surface area contributed by atoms with Gasteiger partial charge in [0.25, 0.3) is 0 Å². The van der Waals surface area contributed by atoms with Gasteiger partial charge in [-0.15, -0.1) is 11.3 Å². The fourth-order valence-corrected chi connectivity index (χ4v) is 3.89. The van der Waals surface area contributed by atoms with Crippen LogP contribution in [0.4, 0.5) is 0 Å². The van der Waals surface area contributed by atoms with Crippen molar-refractivity contribution in [1.29, 1.82) is 0 Å². The minimum Gasteiger partial charge on any atom is -0.478 e. The zero-order chi connectivity index (χ0) is 21.7. The third kappa shape index (κ3) is 5.45. The average Bonchev–Trinajstić information content (AvgIpc) is 3.32. The number of aromatic carboxylic acids is 1. The molecule has 0 unspecified atom stereocenters. The summed E-state index contributed by atoms with van der Waals surface area (Å²) in [7, 11) is 0. The molecule has 0 bridgehead atoms. The smallest absolute Gasteiger partial charge is 0.335 e. The first kappa shape index (κ1) is 21.5. The molecule has 0 fully saturated rings. The molecule has 2 heterocycles. The van der Waals surface area contributed by atoms with Gasteiger partial charge in [-0.2, -0.15) is 0 Å². The molecule has 1 aromatic carbocycles. The predicted molar refractivity (Wildman–Crippen MR) is 117 cm³/mol. The lowest BCUT2D eigenvalue weighted by Gasteiger charge is -2.13. The Morgan fingerprint density at radius 1 is 1.17 bits per heavy atom. The van der Waals surface area contributed by atoms with Gasteiger partial charge in [0, 0.05) is 29.8 Å². The number of carbonyl (C=O) groups is 2. The minimum atomic E-state index is -0.965. The van der Waals surface area contributed by atoms with Crippen molar-refractivity contribution >= 4 is 29.4 Å². The van der Waals surface area contributed by atoms with E-state index in [0.717, 1.165) is 28.4 Å². The van der Waals surface area contributed by atoms with E-state index in [2.05, 4.69) is 18.8 Å². The minimum absolute atomic E-state index is 0.232. The van der Waals surface area contributed by atoms with Gasteiger partial charge in [-0.25, -0.2) is 14.6 Å². The van der Waals surface area contributed by atoms with E-state index in [-0.39, 0.29) is 5.56 Å². The Labute approximate surface area is 179 Å². The first-order chi connectivity index (χ1) is 14.3. The maximum absolute atomic E-state index is 11.8. The summed E-state index contributed by atoms with van der Waals surface area (Å²) >= 11 is 1.53. The number of benzene rings is 1. The summed E-state index contributed by atoms with van der Waals surface area (Å²) in [6.45, 7) is 4.70. The highest BCUT2D eigenvalue weighted by Gasteiger charge is 2.15. The number of aromatic nitrogens is 2. The van der Waals surface area contributed by atoms with Gasteiger partial charge in [-0.3, -0.25) is 0 Å². The molecule has 0 saturated heterocycles. The lowest BCUT2D eigenvalue weighted by Crippen LogP contribution is -2.11. The molecule has 0 radical (unpaired) electrons.